The summed E-state index contributed by atoms with van der Waals surface area (Å²) >= 11 is 4.89. The van der Waals surface area contributed by atoms with Crippen LogP contribution in [0, 0.1) is 0 Å². The van der Waals surface area contributed by atoms with Crippen molar-refractivity contribution in [2.45, 2.75) is 0 Å². The summed E-state index contributed by atoms with van der Waals surface area (Å²) in [6.45, 7) is 0. The summed E-state index contributed by atoms with van der Waals surface area (Å²) in [7, 11) is 3.14. The molecule has 0 saturated heterocycles. The molecule has 26 heavy (non-hydrogen) atoms. The van der Waals surface area contributed by atoms with Gasteiger partial charge in [0, 0.05) is 10.4 Å². The van der Waals surface area contributed by atoms with Gasteiger partial charge in [0.25, 0.3) is 5.91 Å². The number of carbonyl (C=O) groups excluding carboxylic acids is 1. The number of benzene rings is 1. The maximum absolute atomic E-state index is 12.2. The summed E-state index contributed by atoms with van der Waals surface area (Å²) in [5.74, 6) is 0.834. The Hall–Kier alpha value is -2.65. The van der Waals surface area contributed by atoms with Crippen molar-refractivity contribution in [3.63, 3.8) is 0 Å². The first-order valence-corrected chi connectivity index (χ1v) is 9.08. The smallest absolute Gasteiger partial charge is 0.289 e. The zero-order valence-corrected chi connectivity index (χ0v) is 16.3. The summed E-state index contributed by atoms with van der Waals surface area (Å²) < 4.78 is 11.5. The Morgan fingerprint density at radius 2 is 2.04 bits per heavy atom. The van der Waals surface area contributed by atoms with Crippen LogP contribution >= 0.6 is 27.3 Å². The number of aromatic nitrogens is 2. The first-order valence-electron chi connectivity index (χ1n) is 7.47. The van der Waals surface area contributed by atoms with E-state index in [-0.39, 0.29) is 5.91 Å². The third-order valence-electron chi connectivity index (χ3n) is 3.45. The first-order chi connectivity index (χ1) is 12.6. The van der Waals surface area contributed by atoms with Gasteiger partial charge in [0.1, 0.15) is 5.69 Å². The number of H-pyrrole nitrogens is 1. The minimum absolute atomic E-state index is 0.305. The minimum Gasteiger partial charge on any atom is -0.493 e. The lowest BCUT2D eigenvalue weighted by atomic mass is 10.1. The minimum atomic E-state index is -0.379. The molecule has 0 aliphatic rings. The average Bonchev–Trinajstić information content (AvgIpc) is 3.30. The summed E-state index contributed by atoms with van der Waals surface area (Å²) in [5, 5.41) is 10.8. The monoisotopic (exact) mass is 434 g/mol. The highest BCUT2D eigenvalue weighted by Gasteiger charge is 2.12. The van der Waals surface area contributed by atoms with E-state index in [1.54, 1.807) is 38.6 Å². The second-order valence-electron chi connectivity index (χ2n) is 5.08. The fourth-order valence-electron chi connectivity index (χ4n) is 2.19. The van der Waals surface area contributed by atoms with Crippen molar-refractivity contribution in [2.24, 2.45) is 5.10 Å². The SMILES string of the molecule is COc1ccc(-c2cc(C(=O)NN=Cc3ccc(Br)s3)[nH]n2)cc1OC. The molecule has 0 aliphatic carbocycles. The van der Waals surface area contributed by atoms with Crippen molar-refractivity contribution >= 4 is 39.4 Å². The van der Waals surface area contributed by atoms with Gasteiger partial charge in [-0.3, -0.25) is 9.89 Å². The summed E-state index contributed by atoms with van der Waals surface area (Å²) in [5.41, 5.74) is 4.18. The number of hydrazone groups is 1. The number of carbonyl (C=O) groups is 1. The van der Waals surface area contributed by atoms with Crippen molar-refractivity contribution in [2.75, 3.05) is 14.2 Å². The molecular weight excluding hydrogens is 420 g/mol. The quantitative estimate of drug-likeness (QED) is 0.457. The Morgan fingerprint density at radius 1 is 1.23 bits per heavy atom. The standard InChI is InChI=1S/C17H15BrN4O3S/c1-24-14-5-3-10(7-15(14)25-2)12-8-13(21-20-12)17(23)22-19-9-11-4-6-16(18)26-11/h3-9H,1-2H3,(H,20,21)(H,22,23). The molecule has 0 fully saturated rings. The molecule has 0 saturated carbocycles. The van der Waals surface area contributed by atoms with E-state index in [2.05, 4.69) is 36.7 Å². The molecule has 1 aromatic carbocycles. The molecule has 9 heteroatoms. The predicted octanol–water partition coefficient (Wildman–Crippen LogP) is 3.68. The lowest BCUT2D eigenvalue weighted by Gasteiger charge is -2.08. The van der Waals surface area contributed by atoms with E-state index in [1.165, 1.54) is 11.3 Å². The molecule has 2 aromatic heterocycles. The number of hydrogen-bond donors (Lipinski definition) is 2. The normalized spacial score (nSPS) is 10.9. The van der Waals surface area contributed by atoms with Crippen LogP contribution in [0.5, 0.6) is 11.5 Å². The van der Waals surface area contributed by atoms with Crippen LogP contribution in [0.3, 0.4) is 0 Å². The number of nitrogens with one attached hydrogen (secondary N) is 2. The van der Waals surface area contributed by atoms with Gasteiger partial charge in [-0.1, -0.05) is 0 Å². The summed E-state index contributed by atoms with van der Waals surface area (Å²) in [6.07, 6.45) is 1.58. The van der Waals surface area contributed by atoms with E-state index in [0.717, 1.165) is 14.2 Å². The van der Waals surface area contributed by atoms with Crippen LogP contribution in [-0.4, -0.2) is 36.5 Å². The third-order valence-corrected chi connectivity index (χ3v) is 5.01. The zero-order chi connectivity index (χ0) is 18.5. The highest BCUT2D eigenvalue weighted by atomic mass is 79.9. The van der Waals surface area contributed by atoms with E-state index in [4.69, 9.17) is 9.47 Å². The van der Waals surface area contributed by atoms with Gasteiger partial charge in [0.15, 0.2) is 11.5 Å². The zero-order valence-electron chi connectivity index (χ0n) is 13.9. The van der Waals surface area contributed by atoms with Crippen molar-refractivity contribution in [1.82, 2.24) is 15.6 Å². The molecule has 0 aliphatic heterocycles. The molecule has 0 unspecified atom stereocenters. The number of hydrogen-bond acceptors (Lipinski definition) is 6. The molecule has 3 rings (SSSR count). The van der Waals surface area contributed by atoms with Gasteiger partial charge in [-0.15, -0.1) is 11.3 Å². The number of thiophene rings is 1. The Bertz CT molecular complexity index is 951. The second-order valence-corrected chi connectivity index (χ2v) is 7.57. The number of ether oxygens (including phenoxy) is 2. The van der Waals surface area contributed by atoms with Crippen molar-refractivity contribution < 1.29 is 14.3 Å². The molecule has 0 radical (unpaired) electrons. The Balaban J connectivity index is 1.71. The van der Waals surface area contributed by atoms with E-state index in [1.807, 2.05) is 18.2 Å². The van der Waals surface area contributed by atoms with E-state index in [9.17, 15) is 4.79 Å². The second kappa shape index (κ2) is 8.15. The molecule has 3 aromatic rings. The number of aromatic amines is 1. The van der Waals surface area contributed by atoms with Crippen LogP contribution in [0.4, 0.5) is 0 Å². The Kier molecular flexibility index (Phi) is 5.69. The van der Waals surface area contributed by atoms with Gasteiger partial charge in [0.05, 0.1) is 29.9 Å². The van der Waals surface area contributed by atoms with Gasteiger partial charge < -0.3 is 9.47 Å². The van der Waals surface area contributed by atoms with Crippen molar-refractivity contribution in [1.29, 1.82) is 0 Å². The third kappa shape index (κ3) is 4.12. The predicted molar refractivity (Wildman–Crippen MR) is 104 cm³/mol. The molecule has 134 valence electrons. The topological polar surface area (TPSA) is 88.6 Å². The maximum Gasteiger partial charge on any atom is 0.289 e. The fourth-order valence-corrected chi connectivity index (χ4v) is 3.49. The number of nitrogens with zero attached hydrogens (tertiary/aromatic N) is 2. The van der Waals surface area contributed by atoms with Gasteiger partial charge in [-0.25, -0.2) is 5.43 Å². The number of amides is 1. The summed E-state index contributed by atoms with van der Waals surface area (Å²) in [6, 6.07) is 10.9. The fraction of sp³-hybridized carbons (Fsp3) is 0.118. The largest absolute Gasteiger partial charge is 0.493 e. The van der Waals surface area contributed by atoms with Gasteiger partial charge in [0.2, 0.25) is 0 Å². The van der Waals surface area contributed by atoms with Gasteiger partial charge in [-0.05, 0) is 52.3 Å². The molecule has 1 amide bonds. The molecule has 7 nitrogen and oxygen atoms in total. The lowest BCUT2D eigenvalue weighted by molar-refractivity contribution is 0.0950. The highest BCUT2D eigenvalue weighted by molar-refractivity contribution is 9.11. The van der Waals surface area contributed by atoms with E-state index in [0.29, 0.717) is 22.9 Å². The summed E-state index contributed by atoms with van der Waals surface area (Å²) in [4.78, 5) is 13.1. The van der Waals surface area contributed by atoms with Crippen LogP contribution in [0.1, 0.15) is 15.4 Å². The molecular formula is C17H15BrN4O3S. The molecule has 0 spiro atoms. The van der Waals surface area contributed by atoms with E-state index >= 15 is 0 Å². The highest BCUT2D eigenvalue weighted by Crippen LogP contribution is 2.31. The van der Waals surface area contributed by atoms with Gasteiger partial charge >= 0.3 is 0 Å². The average molecular weight is 435 g/mol. The Labute approximate surface area is 162 Å². The molecule has 0 bridgehead atoms. The van der Waals surface area contributed by atoms with Crippen LogP contribution in [0.25, 0.3) is 11.3 Å². The maximum atomic E-state index is 12.2. The lowest BCUT2D eigenvalue weighted by Crippen LogP contribution is -2.17. The van der Waals surface area contributed by atoms with Gasteiger partial charge in [-0.2, -0.15) is 10.2 Å². The molecule has 2 heterocycles. The van der Waals surface area contributed by atoms with Crippen LogP contribution in [-0.2, 0) is 0 Å². The number of rotatable bonds is 6. The Morgan fingerprint density at radius 3 is 2.73 bits per heavy atom. The van der Waals surface area contributed by atoms with Crippen LogP contribution < -0.4 is 14.9 Å². The van der Waals surface area contributed by atoms with Crippen LogP contribution in [0.15, 0.2) is 45.3 Å². The molecule has 0 atom stereocenters. The number of methoxy groups -OCH3 is 2. The van der Waals surface area contributed by atoms with Crippen molar-refractivity contribution in [3.8, 4) is 22.8 Å². The van der Waals surface area contributed by atoms with Crippen molar-refractivity contribution in [3.05, 3.63) is 50.8 Å². The first kappa shape index (κ1) is 18.2. The number of halogens is 1. The molecule has 2 N–H and O–H groups in total. The van der Waals surface area contributed by atoms with Crippen LogP contribution in [0.2, 0.25) is 0 Å². The van der Waals surface area contributed by atoms with E-state index < -0.39 is 0 Å².